The summed E-state index contributed by atoms with van der Waals surface area (Å²) in [5, 5.41) is 9.77. The molecule has 108 valence electrons. The van der Waals surface area contributed by atoms with Gasteiger partial charge in [-0.05, 0) is 54.2 Å². The Morgan fingerprint density at radius 2 is 2.10 bits per heavy atom. The average Bonchev–Trinajstić information content (AvgIpc) is 2.41. The summed E-state index contributed by atoms with van der Waals surface area (Å²) < 4.78 is 0.624. The number of benzene rings is 1. The summed E-state index contributed by atoms with van der Waals surface area (Å²) in [6.45, 7) is 2.03. The highest BCUT2D eigenvalue weighted by Gasteiger charge is 2.44. The average molecular weight is 361 g/mol. The first-order chi connectivity index (χ1) is 9.38. The van der Waals surface area contributed by atoms with Gasteiger partial charge in [0.15, 0.2) is 0 Å². The third kappa shape index (κ3) is 2.56. The Labute approximate surface area is 130 Å². The second-order valence-electron chi connectivity index (χ2n) is 5.09. The van der Waals surface area contributed by atoms with Gasteiger partial charge in [0.05, 0.1) is 10.6 Å². The summed E-state index contributed by atoms with van der Waals surface area (Å²) in [7, 11) is 0. The number of carboxylic acids is 1. The zero-order valence-electron chi connectivity index (χ0n) is 11.0. The van der Waals surface area contributed by atoms with Gasteiger partial charge in [0.2, 0.25) is 0 Å². The summed E-state index contributed by atoms with van der Waals surface area (Å²) in [4.78, 5) is 25.6. The van der Waals surface area contributed by atoms with E-state index in [9.17, 15) is 14.7 Å². The standard InChI is InChI=1S/C14H15BrClNO3/c1-14(13(19)20)7-2-3-8-17(14)12(18)9-5-4-6-10(15)11(9)16/h4-6H,2-3,7-8H2,1H3,(H,19,20). The molecule has 1 aromatic carbocycles. The van der Waals surface area contributed by atoms with E-state index in [4.69, 9.17) is 11.6 Å². The molecule has 1 N–H and O–H groups in total. The molecule has 0 bridgehead atoms. The van der Waals surface area contributed by atoms with Crippen LogP contribution in [0, 0.1) is 0 Å². The lowest BCUT2D eigenvalue weighted by atomic mass is 9.88. The minimum atomic E-state index is -1.17. The Balaban J connectivity index is 2.40. The maximum Gasteiger partial charge on any atom is 0.329 e. The van der Waals surface area contributed by atoms with Crippen molar-refractivity contribution in [1.29, 1.82) is 0 Å². The molecule has 1 aliphatic heterocycles. The molecule has 1 aliphatic rings. The maximum absolute atomic E-state index is 12.7. The van der Waals surface area contributed by atoms with Crippen molar-refractivity contribution in [1.82, 2.24) is 4.90 Å². The molecule has 1 amide bonds. The molecular formula is C14H15BrClNO3. The lowest BCUT2D eigenvalue weighted by Gasteiger charge is -2.41. The van der Waals surface area contributed by atoms with Crippen molar-refractivity contribution >= 4 is 39.4 Å². The number of hydrogen-bond acceptors (Lipinski definition) is 2. The molecule has 1 fully saturated rings. The van der Waals surface area contributed by atoms with Gasteiger partial charge in [-0.1, -0.05) is 17.7 Å². The number of nitrogens with zero attached hydrogens (tertiary/aromatic N) is 1. The first kappa shape index (κ1) is 15.3. The number of halogens is 2. The number of carbonyl (C=O) groups is 2. The number of likely N-dealkylation sites (tertiary alicyclic amines) is 1. The lowest BCUT2D eigenvalue weighted by molar-refractivity contribution is -0.150. The Morgan fingerprint density at radius 1 is 1.40 bits per heavy atom. The van der Waals surface area contributed by atoms with Crippen LogP contribution in [0.3, 0.4) is 0 Å². The summed E-state index contributed by atoms with van der Waals surface area (Å²) in [6, 6.07) is 5.07. The Kier molecular flexibility index (Phi) is 4.39. The van der Waals surface area contributed by atoms with E-state index in [-0.39, 0.29) is 5.91 Å². The molecule has 1 saturated heterocycles. The Hall–Kier alpha value is -1.07. The number of rotatable bonds is 2. The van der Waals surface area contributed by atoms with Gasteiger partial charge in [0, 0.05) is 11.0 Å². The van der Waals surface area contributed by atoms with Crippen LogP contribution in [0.5, 0.6) is 0 Å². The predicted octanol–water partition coefficient (Wildman–Crippen LogP) is 3.57. The normalized spacial score (nSPS) is 22.6. The van der Waals surface area contributed by atoms with Crippen LogP contribution in [0.2, 0.25) is 5.02 Å². The van der Waals surface area contributed by atoms with Crippen molar-refractivity contribution in [3.8, 4) is 0 Å². The number of aliphatic carboxylic acids is 1. The van der Waals surface area contributed by atoms with E-state index < -0.39 is 11.5 Å². The smallest absolute Gasteiger partial charge is 0.329 e. The number of carbonyl (C=O) groups excluding carboxylic acids is 1. The van der Waals surface area contributed by atoms with Gasteiger partial charge in [0.25, 0.3) is 5.91 Å². The summed E-state index contributed by atoms with van der Waals surface area (Å²) >= 11 is 9.42. The SMILES string of the molecule is CC1(C(=O)O)CCCCN1C(=O)c1cccc(Br)c1Cl. The first-order valence-electron chi connectivity index (χ1n) is 6.37. The molecular weight excluding hydrogens is 346 g/mol. The van der Waals surface area contributed by atoms with Gasteiger partial charge in [-0.3, -0.25) is 4.79 Å². The molecule has 0 radical (unpaired) electrons. The van der Waals surface area contributed by atoms with Gasteiger partial charge in [-0.15, -0.1) is 0 Å². The third-order valence-electron chi connectivity index (χ3n) is 3.78. The van der Waals surface area contributed by atoms with E-state index >= 15 is 0 Å². The number of carboxylic acid groups (broad SMARTS) is 1. The fraction of sp³-hybridized carbons (Fsp3) is 0.429. The van der Waals surface area contributed by atoms with Crippen molar-refractivity contribution in [3.05, 3.63) is 33.3 Å². The molecule has 4 nitrogen and oxygen atoms in total. The van der Waals surface area contributed by atoms with Crippen LogP contribution in [0.15, 0.2) is 22.7 Å². The predicted molar refractivity (Wildman–Crippen MR) is 80.1 cm³/mol. The molecule has 1 unspecified atom stereocenters. The molecule has 1 heterocycles. The Bertz CT molecular complexity index is 563. The van der Waals surface area contributed by atoms with E-state index in [1.54, 1.807) is 25.1 Å². The third-order valence-corrected chi connectivity index (χ3v) is 5.08. The molecule has 20 heavy (non-hydrogen) atoms. The topological polar surface area (TPSA) is 57.6 Å². The van der Waals surface area contributed by atoms with Crippen LogP contribution >= 0.6 is 27.5 Å². The van der Waals surface area contributed by atoms with E-state index in [0.29, 0.717) is 28.0 Å². The van der Waals surface area contributed by atoms with E-state index in [2.05, 4.69) is 15.9 Å². The molecule has 0 aromatic heterocycles. The molecule has 0 aliphatic carbocycles. The van der Waals surface area contributed by atoms with Gasteiger partial charge in [-0.25, -0.2) is 4.79 Å². The van der Waals surface area contributed by atoms with E-state index in [0.717, 1.165) is 12.8 Å². The highest BCUT2D eigenvalue weighted by atomic mass is 79.9. The van der Waals surface area contributed by atoms with Crippen LogP contribution < -0.4 is 0 Å². The van der Waals surface area contributed by atoms with Crippen molar-refractivity contribution in [2.24, 2.45) is 0 Å². The van der Waals surface area contributed by atoms with Gasteiger partial charge >= 0.3 is 5.97 Å². The van der Waals surface area contributed by atoms with Crippen molar-refractivity contribution in [3.63, 3.8) is 0 Å². The fourth-order valence-electron chi connectivity index (χ4n) is 2.48. The van der Waals surface area contributed by atoms with Crippen LogP contribution in [-0.4, -0.2) is 34.0 Å². The van der Waals surface area contributed by atoms with Gasteiger partial charge in [0.1, 0.15) is 5.54 Å². The van der Waals surface area contributed by atoms with Crippen LogP contribution in [-0.2, 0) is 4.79 Å². The second-order valence-corrected chi connectivity index (χ2v) is 6.33. The van der Waals surface area contributed by atoms with Gasteiger partial charge in [-0.2, -0.15) is 0 Å². The minimum Gasteiger partial charge on any atom is -0.480 e. The van der Waals surface area contributed by atoms with E-state index in [1.807, 2.05) is 0 Å². The van der Waals surface area contributed by atoms with E-state index in [1.165, 1.54) is 4.90 Å². The maximum atomic E-state index is 12.7. The molecule has 6 heteroatoms. The zero-order chi connectivity index (χ0) is 14.9. The number of hydrogen-bond donors (Lipinski definition) is 1. The zero-order valence-corrected chi connectivity index (χ0v) is 13.4. The molecule has 1 aromatic rings. The highest BCUT2D eigenvalue weighted by molar-refractivity contribution is 9.10. The first-order valence-corrected chi connectivity index (χ1v) is 7.54. The van der Waals surface area contributed by atoms with Crippen molar-refractivity contribution < 1.29 is 14.7 Å². The molecule has 0 saturated carbocycles. The van der Waals surface area contributed by atoms with Crippen LogP contribution in [0.1, 0.15) is 36.5 Å². The highest BCUT2D eigenvalue weighted by Crippen LogP contribution is 2.33. The number of amides is 1. The van der Waals surface area contributed by atoms with Gasteiger partial charge < -0.3 is 10.0 Å². The monoisotopic (exact) mass is 359 g/mol. The van der Waals surface area contributed by atoms with Crippen molar-refractivity contribution in [2.75, 3.05) is 6.54 Å². The Morgan fingerprint density at radius 3 is 2.75 bits per heavy atom. The lowest BCUT2D eigenvalue weighted by Crippen LogP contribution is -2.57. The quantitative estimate of drug-likeness (QED) is 0.877. The summed E-state index contributed by atoms with van der Waals surface area (Å²) in [5.41, 5.74) is -0.837. The number of piperidine rings is 1. The summed E-state index contributed by atoms with van der Waals surface area (Å²) in [6.07, 6.45) is 2.07. The van der Waals surface area contributed by atoms with Crippen LogP contribution in [0.4, 0.5) is 0 Å². The molecule has 1 atom stereocenters. The summed E-state index contributed by atoms with van der Waals surface area (Å²) in [5.74, 6) is -1.31. The molecule has 0 spiro atoms. The minimum absolute atomic E-state index is 0.316. The largest absolute Gasteiger partial charge is 0.480 e. The second kappa shape index (κ2) is 5.74. The van der Waals surface area contributed by atoms with Crippen LogP contribution in [0.25, 0.3) is 0 Å². The molecule has 2 rings (SSSR count). The van der Waals surface area contributed by atoms with Crippen molar-refractivity contribution in [2.45, 2.75) is 31.7 Å². The fourth-order valence-corrected chi connectivity index (χ4v) is 3.06.